The lowest BCUT2D eigenvalue weighted by atomic mass is 9.81. The number of primary amides is 1. The molecular formula is C32H37FN2O5. The van der Waals surface area contributed by atoms with Gasteiger partial charge in [0.25, 0.3) is 0 Å². The van der Waals surface area contributed by atoms with E-state index >= 15 is 0 Å². The highest BCUT2D eigenvalue weighted by atomic mass is 19.1. The Bertz CT molecular complexity index is 1300. The molecule has 0 bridgehead atoms. The van der Waals surface area contributed by atoms with E-state index in [1.165, 1.54) is 24.3 Å². The lowest BCUT2D eigenvalue weighted by Gasteiger charge is -2.40. The topological polar surface area (TPSA) is 102 Å². The minimum Gasteiger partial charge on any atom is -0.457 e. The van der Waals surface area contributed by atoms with Crippen molar-refractivity contribution < 1.29 is 28.6 Å². The summed E-state index contributed by atoms with van der Waals surface area (Å²) >= 11 is 0. The molecule has 1 saturated heterocycles. The first-order chi connectivity index (χ1) is 19.2. The Hall–Kier alpha value is -3.91. The smallest absolute Gasteiger partial charge is 0.248 e. The number of halogens is 1. The largest absolute Gasteiger partial charge is 0.457 e. The highest BCUT2D eigenvalue weighted by Gasteiger charge is 2.35. The third-order valence-corrected chi connectivity index (χ3v) is 7.59. The van der Waals surface area contributed by atoms with E-state index in [9.17, 15) is 19.1 Å². The van der Waals surface area contributed by atoms with E-state index < -0.39 is 11.5 Å². The van der Waals surface area contributed by atoms with Crippen molar-refractivity contribution in [2.75, 3.05) is 13.1 Å². The molecule has 0 aromatic heterocycles. The second-order valence-electron chi connectivity index (χ2n) is 10.5. The van der Waals surface area contributed by atoms with Crippen molar-refractivity contribution in [1.82, 2.24) is 4.90 Å². The third kappa shape index (κ3) is 7.82. The van der Waals surface area contributed by atoms with Gasteiger partial charge in [0.05, 0.1) is 12.0 Å². The lowest BCUT2D eigenvalue weighted by molar-refractivity contribution is -0.135. The van der Waals surface area contributed by atoms with Crippen LogP contribution in [0.4, 0.5) is 4.39 Å². The summed E-state index contributed by atoms with van der Waals surface area (Å²) in [4.78, 5) is 26.5. The van der Waals surface area contributed by atoms with Crippen LogP contribution < -0.4 is 15.2 Å². The van der Waals surface area contributed by atoms with Gasteiger partial charge in [0.15, 0.2) is 0 Å². The van der Waals surface area contributed by atoms with Gasteiger partial charge in [-0.3, -0.25) is 9.59 Å². The van der Waals surface area contributed by atoms with E-state index in [0.717, 1.165) is 19.3 Å². The van der Waals surface area contributed by atoms with Gasteiger partial charge in [0.1, 0.15) is 28.8 Å². The molecule has 212 valence electrons. The van der Waals surface area contributed by atoms with Crippen molar-refractivity contribution in [3.8, 4) is 23.0 Å². The second kappa shape index (κ2) is 13.0. The molecule has 1 fully saturated rings. The van der Waals surface area contributed by atoms with Crippen LogP contribution in [-0.2, 0) is 11.2 Å². The number of hydrogen-bond donors (Lipinski definition) is 2. The molecule has 0 atom stereocenters. The number of benzene rings is 3. The van der Waals surface area contributed by atoms with Crippen LogP contribution >= 0.6 is 0 Å². The van der Waals surface area contributed by atoms with Gasteiger partial charge < -0.3 is 25.2 Å². The maximum Gasteiger partial charge on any atom is 0.248 e. The standard InChI is InChI=1S/C32H37FN2O5/c1-3-22(4-2)21-32(38)13-15-35(16-14-32)30(36)19-23-17-28(39-26-9-5-24(6-10-26)31(34)37)20-29(18-23)40-27-11-7-25(33)8-12-27/h5-12,17-18,20,22,38H,3-4,13-16,19,21H2,1-2H3,(H2,34,37). The molecule has 3 aromatic rings. The highest BCUT2D eigenvalue weighted by Crippen LogP contribution is 2.33. The number of aliphatic hydroxyl groups is 1. The van der Waals surface area contributed by atoms with Gasteiger partial charge in [-0.05, 0) is 91.4 Å². The van der Waals surface area contributed by atoms with Gasteiger partial charge >= 0.3 is 0 Å². The third-order valence-electron chi connectivity index (χ3n) is 7.59. The fourth-order valence-corrected chi connectivity index (χ4v) is 5.09. The Morgan fingerprint density at radius 1 is 0.900 bits per heavy atom. The zero-order valence-corrected chi connectivity index (χ0v) is 23.1. The first kappa shape index (κ1) is 29.1. The van der Waals surface area contributed by atoms with Gasteiger partial charge in [-0.25, -0.2) is 4.39 Å². The summed E-state index contributed by atoms with van der Waals surface area (Å²) in [5.41, 5.74) is 5.65. The van der Waals surface area contributed by atoms with Crippen LogP contribution in [0.3, 0.4) is 0 Å². The Morgan fingerprint density at radius 2 is 1.43 bits per heavy atom. The molecule has 2 amide bonds. The monoisotopic (exact) mass is 548 g/mol. The van der Waals surface area contributed by atoms with Crippen molar-refractivity contribution in [1.29, 1.82) is 0 Å². The summed E-state index contributed by atoms with van der Waals surface area (Å²) < 4.78 is 25.3. The SMILES string of the molecule is CCC(CC)CC1(O)CCN(C(=O)Cc2cc(Oc3ccc(F)cc3)cc(Oc3ccc(C(N)=O)cc3)c2)CC1. The zero-order valence-electron chi connectivity index (χ0n) is 23.1. The summed E-state index contributed by atoms with van der Waals surface area (Å²) in [7, 11) is 0. The molecule has 0 saturated carbocycles. The molecule has 0 unspecified atom stereocenters. The first-order valence-electron chi connectivity index (χ1n) is 13.8. The summed E-state index contributed by atoms with van der Waals surface area (Å²) in [5, 5.41) is 11.1. The van der Waals surface area contributed by atoms with Crippen molar-refractivity contribution in [3.05, 3.63) is 83.7 Å². The van der Waals surface area contributed by atoms with E-state index in [-0.39, 0.29) is 18.1 Å². The molecule has 1 aliphatic rings. The predicted octanol–water partition coefficient (Wildman–Crippen LogP) is 6.23. The van der Waals surface area contributed by atoms with Gasteiger partial charge in [0.2, 0.25) is 11.8 Å². The van der Waals surface area contributed by atoms with Crippen LogP contribution in [0.2, 0.25) is 0 Å². The van der Waals surface area contributed by atoms with Crippen molar-refractivity contribution in [2.24, 2.45) is 11.7 Å². The average Bonchev–Trinajstić information content (AvgIpc) is 2.93. The molecule has 0 radical (unpaired) electrons. The normalized spacial score (nSPS) is 14.7. The first-order valence-corrected chi connectivity index (χ1v) is 13.8. The Balaban J connectivity index is 1.49. The quantitative estimate of drug-likeness (QED) is 0.296. The van der Waals surface area contributed by atoms with Crippen LogP contribution in [-0.4, -0.2) is 40.5 Å². The number of carbonyl (C=O) groups is 2. The molecule has 8 heteroatoms. The average molecular weight is 549 g/mol. The van der Waals surface area contributed by atoms with Crippen LogP contribution in [0.15, 0.2) is 66.7 Å². The summed E-state index contributed by atoms with van der Waals surface area (Å²) in [6.07, 6.45) is 4.11. The molecule has 7 nitrogen and oxygen atoms in total. The number of amides is 2. The molecule has 0 aliphatic carbocycles. The lowest BCUT2D eigenvalue weighted by Crippen LogP contribution is -2.47. The number of hydrogen-bond acceptors (Lipinski definition) is 5. The summed E-state index contributed by atoms with van der Waals surface area (Å²) in [6.45, 7) is 5.32. The van der Waals surface area contributed by atoms with Gasteiger partial charge in [-0.15, -0.1) is 0 Å². The van der Waals surface area contributed by atoms with Crippen molar-refractivity contribution in [3.63, 3.8) is 0 Å². The number of likely N-dealkylation sites (tertiary alicyclic amines) is 1. The van der Waals surface area contributed by atoms with E-state index in [0.29, 0.717) is 66.0 Å². The van der Waals surface area contributed by atoms with Gasteiger partial charge in [-0.1, -0.05) is 26.7 Å². The van der Waals surface area contributed by atoms with Crippen LogP contribution in [0.25, 0.3) is 0 Å². The predicted molar refractivity (Wildman–Crippen MR) is 151 cm³/mol. The maximum absolute atomic E-state index is 13.4. The minimum atomic E-state index is -0.721. The molecule has 1 heterocycles. The molecule has 40 heavy (non-hydrogen) atoms. The molecule has 1 aliphatic heterocycles. The molecule has 3 aromatic carbocycles. The van der Waals surface area contributed by atoms with E-state index in [4.69, 9.17) is 15.2 Å². The van der Waals surface area contributed by atoms with E-state index in [1.807, 2.05) is 0 Å². The Labute approximate surface area is 234 Å². The molecule has 3 N–H and O–H groups in total. The minimum absolute atomic E-state index is 0.0414. The van der Waals surface area contributed by atoms with Gasteiger partial charge in [-0.2, -0.15) is 0 Å². The Morgan fingerprint density at radius 3 is 1.93 bits per heavy atom. The molecular weight excluding hydrogens is 511 g/mol. The van der Waals surface area contributed by atoms with Crippen LogP contribution in [0, 0.1) is 11.7 Å². The summed E-state index contributed by atoms with van der Waals surface area (Å²) in [5.74, 6) is 1.33. The number of rotatable bonds is 11. The second-order valence-corrected chi connectivity index (χ2v) is 10.5. The molecule has 4 rings (SSSR count). The molecule has 0 spiro atoms. The van der Waals surface area contributed by atoms with Gasteiger partial charge in [0, 0.05) is 24.7 Å². The van der Waals surface area contributed by atoms with E-state index in [1.54, 1.807) is 47.4 Å². The number of carbonyl (C=O) groups excluding carboxylic acids is 2. The summed E-state index contributed by atoms with van der Waals surface area (Å²) in [6, 6.07) is 17.3. The highest BCUT2D eigenvalue weighted by molar-refractivity contribution is 5.92. The fraction of sp³-hybridized carbons (Fsp3) is 0.375. The number of nitrogens with zero attached hydrogens (tertiary/aromatic N) is 1. The van der Waals surface area contributed by atoms with Crippen LogP contribution in [0.5, 0.6) is 23.0 Å². The fourth-order valence-electron chi connectivity index (χ4n) is 5.09. The number of ether oxygens (including phenoxy) is 2. The number of nitrogens with two attached hydrogens (primary N) is 1. The zero-order chi connectivity index (χ0) is 28.7. The Kier molecular flexibility index (Phi) is 9.42. The van der Waals surface area contributed by atoms with Crippen LogP contribution in [0.1, 0.15) is 61.9 Å². The number of piperidine rings is 1. The maximum atomic E-state index is 13.4. The van der Waals surface area contributed by atoms with Crippen molar-refractivity contribution in [2.45, 2.75) is 58.0 Å². The van der Waals surface area contributed by atoms with E-state index in [2.05, 4.69) is 13.8 Å². The van der Waals surface area contributed by atoms with Crippen molar-refractivity contribution >= 4 is 11.8 Å².